The number of imide groups is 1. The summed E-state index contributed by atoms with van der Waals surface area (Å²) in [6.45, 7) is 3.75. The molecule has 124 valence electrons. The zero-order chi connectivity index (χ0) is 17.3. The molecule has 0 radical (unpaired) electrons. The van der Waals surface area contributed by atoms with Gasteiger partial charge in [-0.25, -0.2) is 4.98 Å². The first-order chi connectivity index (χ1) is 11.5. The Morgan fingerprint density at radius 3 is 2.75 bits per heavy atom. The van der Waals surface area contributed by atoms with Crippen molar-refractivity contribution in [1.29, 1.82) is 0 Å². The number of benzene rings is 1. The quantitative estimate of drug-likeness (QED) is 0.812. The maximum Gasteiger partial charge on any atom is 0.277 e. The van der Waals surface area contributed by atoms with Crippen LogP contribution in [-0.4, -0.2) is 40.0 Å². The molecule has 2 N–H and O–H groups in total. The zero-order valence-corrected chi connectivity index (χ0v) is 14.2. The third-order valence-corrected chi connectivity index (χ3v) is 4.87. The molecule has 1 aromatic carbocycles. The SMILES string of the molecule is Cc1nc(-c2cccc(NC3=CC(=O)N(CCO)C3=O)c2)sc1C. The summed E-state index contributed by atoms with van der Waals surface area (Å²) >= 11 is 1.62. The highest BCUT2D eigenvalue weighted by atomic mass is 32.1. The Morgan fingerprint density at radius 1 is 1.29 bits per heavy atom. The molecular weight excluding hydrogens is 326 g/mol. The van der Waals surface area contributed by atoms with E-state index in [2.05, 4.69) is 10.3 Å². The zero-order valence-electron chi connectivity index (χ0n) is 13.4. The van der Waals surface area contributed by atoms with Crippen molar-refractivity contribution in [3.05, 3.63) is 46.6 Å². The van der Waals surface area contributed by atoms with Gasteiger partial charge in [0.25, 0.3) is 11.8 Å². The smallest absolute Gasteiger partial charge is 0.277 e. The van der Waals surface area contributed by atoms with Crippen molar-refractivity contribution in [2.45, 2.75) is 13.8 Å². The largest absolute Gasteiger partial charge is 0.395 e. The van der Waals surface area contributed by atoms with Crippen LogP contribution in [0.1, 0.15) is 10.6 Å². The highest BCUT2D eigenvalue weighted by Crippen LogP contribution is 2.29. The van der Waals surface area contributed by atoms with Crippen molar-refractivity contribution in [1.82, 2.24) is 9.88 Å². The average Bonchev–Trinajstić information content (AvgIpc) is 3.02. The predicted molar refractivity (Wildman–Crippen MR) is 92.5 cm³/mol. The van der Waals surface area contributed by atoms with Gasteiger partial charge in [0.1, 0.15) is 10.7 Å². The number of amides is 2. The molecule has 0 bridgehead atoms. The molecule has 0 spiro atoms. The van der Waals surface area contributed by atoms with Gasteiger partial charge >= 0.3 is 0 Å². The number of hydrogen-bond donors (Lipinski definition) is 2. The van der Waals surface area contributed by atoms with Gasteiger partial charge in [0.2, 0.25) is 0 Å². The first-order valence-electron chi connectivity index (χ1n) is 7.49. The Hall–Kier alpha value is -2.51. The first-order valence-corrected chi connectivity index (χ1v) is 8.31. The molecule has 0 saturated carbocycles. The summed E-state index contributed by atoms with van der Waals surface area (Å²) in [5.41, 5.74) is 2.87. The summed E-state index contributed by atoms with van der Waals surface area (Å²) in [5.74, 6) is -0.848. The van der Waals surface area contributed by atoms with E-state index in [1.165, 1.54) is 11.0 Å². The van der Waals surface area contributed by atoms with E-state index >= 15 is 0 Å². The summed E-state index contributed by atoms with van der Waals surface area (Å²) in [4.78, 5) is 30.7. The summed E-state index contributed by atoms with van der Waals surface area (Å²) in [7, 11) is 0. The fraction of sp³-hybridized carbons (Fsp3) is 0.235. The number of hydrogen-bond acceptors (Lipinski definition) is 6. The number of thiazole rings is 1. The molecular formula is C17H17N3O3S. The van der Waals surface area contributed by atoms with E-state index in [0.717, 1.165) is 21.2 Å². The number of aryl methyl sites for hydroxylation is 2. The molecule has 1 aliphatic heterocycles. The Kier molecular flexibility index (Phi) is 4.46. The lowest BCUT2D eigenvalue weighted by atomic mass is 10.2. The average molecular weight is 343 g/mol. The van der Waals surface area contributed by atoms with E-state index in [0.29, 0.717) is 5.69 Å². The number of aromatic nitrogens is 1. The lowest BCUT2D eigenvalue weighted by Crippen LogP contribution is -2.34. The van der Waals surface area contributed by atoms with E-state index in [1.54, 1.807) is 11.3 Å². The number of aliphatic hydroxyl groups is 1. The topological polar surface area (TPSA) is 82.5 Å². The minimum atomic E-state index is -0.430. The molecule has 3 rings (SSSR count). The van der Waals surface area contributed by atoms with Crippen molar-refractivity contribution >= 4 is 28.8 Å². The van der Waals surface area contributed by atoms with Crippen LogP contribution in [0, 0.1) is 13.8 Å². The van der Waals surface area contributed by atoms with Crippen LogP contribution in [-0.2, 0) is 9.59 Å². The number of anilines is 1. The maximum absolute atomic E-state index is 12.2. The Morgan fingerprint density at radius 2 is 2.08 bits per heavy atom. The van der Waals surface area contributed by atoms with Crippen LogP contribution in [0.15, 0.2) is 36.0 Å². The normalized spacial score (nSPS) is 14.3. The molecule has 2 heterocycles. The summed E-state index contributed by atoms with van der Waals surface area (Å²) in [6.07, 6.45) is 1.25. The van der Waals surface area contributed by atoms with Crippen molar-refractivity contribution in [2.24, 2.45) is 0 Å². The standard InChI is InChI=1S/C17H17N3O3S/c1-10-11(2)24-16(18-10)12-4-3-5-13(8-12)19-14-9-15(22)20(6-7-21)17(14)23/h3-5,8-9,19,21H,6-7H2,1-2H3. The molecule has 2 amide bonds. The van der Waals surface area contributed by atoms with Crippen LogP contribution >= 0.6 is 11.3 Å². The third kappa shape index (κ3) is 3.08. The van der Waals surface area contributed by atoms with E-state index in [-0.39, 0.29) is 18.8 Å². The van der Waals surface area contributed by atoms with Gasteiger partial charge in [0.05, 0.1) is 18.8 Å². The van der Waals surface area contributed by atoms with Gasteiger partial charge in [0, 0.05) is 22.2 Å². The van der Waals surface area contributed by atoms with E-state index in [1.807, 2.05) is 38.1 Å². The fourth-order valence-corrected chi connectivity index (χ4v) is 3.30. The second-order valence-corrected chi connectivity index (χ2v) is 6.65. The van der Waals surface area contributed by atoms with Crippen LogP contribution in [0.3, 0.4) is 0 Å². The minimum absolute atomic E-state index is 0.00292. The van der Waals surface area contributed by atoms with Crippen molar-refractivity contribution in [3.63, 3.8) is 0 Å². The number of aliphatic hydroxyl groups excluding tert-OH is 1. The van der Waals surface area contributed by atoms with Crippen molar-refractivity contribution in [3.8, 4) is 10.6 Å². The fourth-order valence-electron chi connectivity index (χ4n) is 2.39. The van der Waals surface area contributed by atoms with Gasteiger partial charge in [-0.3, -0.25) is 14.5 Å². The van der Waals surface area contributed by atoms with Gasteiger partial charge in [-0.1, -0.05) is 12.1 Å². The number of rotatable bonds is 5. The molecule has 0 atom stereocenters. The number of carbonyl (C=O) groups is 2. The van der Waals surface area contributed by atoms with Gasteiger partial charge < -0.3 is 10.4 Å². The molecule has 0 fully saturated rings. The monoisotopic (exact) mass is 343 g/mol. The Labute approximate surface area is 143 Å². The van der Waals surface area contributed by atoms with Crippen LogP contribution in [0.25, 0.3) is 10.6 Å². The van der Waals surface area contributed by atoms with Crippen LogP contribution < -0.4 is 5.32 Å². The lowest BCUT2D eigenvalue weighted by Gasteiger charge is -2.13. The van der Waals surface area contributed by atoms with Crippen molar-refractivity contribution in [2.75, 3.05) is 18.5 Å². The van der Waals surface area contributed by atoms with E-state index < -0.39 is 11.8 Å². The molecule has 24 heavy (non-hydrogen) atoms. The maximum atomic E-state index is 12.2. The van der Waals surface area contributed by atoms with Gasteiger partial charge in [-0.05, 0) is 26.0 Å². The predicted octanol–water partition coefficient (Wildman–Crippen LogP) is 2.08. The highest BCUT2D eigenvalue weighted by molar-refractivity contribution is 7.15. The highest BCUT2D eigenvalue weighted by Gasteiger charge is 2.30. The molecule has 2 aromatic rings. The first kappa shape index (κ1) is 16.4. The third-order valence-electron chi connectivity index (χ3n) is 3.75. The number of nitrogens with one attached hydrogen (secondary N) is 1. The lowest BCUT2D eigenvalue weighted by molar-refractivity contribution is -0.137. The minimum Gasteiger partial charge on any atom is -0.395 e. The number of nitrogens with zero attached hydrogens (tertiary/aromatic N) is 2. The molecule has 1 aliphatic rings. The Balaban J connectivity index is 1.82. The molecule has 0 unspecified atom stereocenters. The summed E-state index contributed by atoms with van der Waals surface area (Å²) in [5, 5.41) is 12.8. The summed E-state index contributed by atoms with van der Waals surface area (Å²) in [6, 6.07) is 7.54. The second kappa shape index (κ2) is 6.54. The van der Waals surface area contributed by atoms with E-state index in [4.69, 9.17) is 5.11 Å². The molecule has 7 heteroatoms. The van der Waals surface area contributed by atoms with Crippen LogP contribution in [0.4, 0.5) is 5.69 Å². The van der Waals surface area contributed by atoms with Crippen LogP contribution in [0.5, 0.6) is 0 Å². The molecule has 1 aromatic heterocycles. The Bertz CT molecular complexity index is 822. The van der Waals surface area contributed by atoms with Gasteiger partial charge in [0.15, 0.2) is 0 Å². The molecule has 0 aliphatic carbocycles. The number of carbonyl (C=O) groups excluding carboxylic acids is 2. The molecule has 6 nitrogen and oxygen atoms in total. The van der Waals surface area contributed by atoms with E-state index in [9.17, 15) is 9.59 Å². The summed E-state index contributed by atoms with van der Waals surface area (Å²) < 4.78 is 0. The number of β-amino-alcohol motifs (C(OH)–C–C–N with tert-alkyl or cyclic N) is 1. The van der Waals surface area contributed by atoms with Crippen LogP contribution in [0.2, 0.25) is 0 Å². The van der Waals surface area contributed by atoms with Gasteiger partial charge in [-0.15, -0.1) is 11.3 Å². The van der Waals surface area contributed by atoms with Gasteiger partial charge in [-0.2, -0.15) is 0 Å². The second-order valence-electron chi connectivity index (χ2n) is 5.44. The molecule has 0 saturated heterocycles. The van der Waals surface area contributed by atoms with Crippen molar-refractivity contribution < 1.29 is 14.7 Å².